The summed E-state index contributed by atoms with van der Waals surface area (Å²) >= 11 is 1.28. The molecule has 0 aliphatic rings. The van der Waals surface area contributed by atoms with E-state index in [0.717, 1.165) is 0 Å². The molecule has 0 spiro atoms. The van der Waals surface area contributed by atoms with Gasteiger partial charge in [0, 0.05) is 13.2 Å². The Morgan fingerprint density at radius 1 is 1.48 bits per heavy atom. The highest BCUT2D eigenvalue weighted by atomic mass is 32.2. The summed E-state index contributed by atoms with van der Waals surface area (Å²) in [7, 11) is 2.98. The Bertz CT molecular complexity index is 569. The maximum atomic E-state index is 11.6. The average molecular weight is 308 g/mol. The lowest BCUT2D eigenvalue weighted by Crippen LogP contribution is -2.17. The van der Waals surface area contributed by atoms with Crippen LogP contribution in [0.5, 0.6) is 5.75 Å². The molecule has 1 amide bonds. The molecule has 0 fully saturated rings. The van der Waals surface area contributed by atoms with Gasteiger partial charge in [0.25, 0.3) is 0 Å². The van der Waals surface area contributed by atoms with Crippen LogP contribution >= 0.6 is 11.8 Å². The number of nitrogens with one attached hydrogen (secondary N) is 2. The number of carbonyl (C=O) groups is 1. The van der Waals surface area contributed by atoms with Crippen LogP contribution in [-0.4, -0.2) is 38.2 Å². The second-order valence-electron chi connectivity index (χ2n) is 3.72. The second-order valence-corrected chi connectivity index (χ2v) is 4.52. The van der Waals surface area contributed by atoms with Crippen LogP contribution in [0.4, 0.5) is 11.4 Å². The van der Waals surface area contributed by atoms with Gasteiger partial charge in [0.05, 0.1) is 18.5 Å². The number of aliphatic imine (C=N–C) groups is 1. The van der Waals surface area contributed by atoms with Crippen molar-refractivity contribution in [2.75, 3.05) is 32.4 Å². The largest absolute Gasteiger partial charge is 0.497 e. The molecule has 0 unspecified atom stereocenters. The number of amides is 1. The van der Waals surface area contributed by atoms with E-state index in [4.69, 9.17) is 14.7 Å². The fourth-order valence-corrected chi connectivity index (χ4v) is 1.77. The minimum absolute atomic E-state index is 0.0545. The molecule has 0 aliphatic heterocycles. The van der Waals surface area contributed by atoms with E-state index in [9.17, 15) is 4.79 Å². The van der Waals surface area contributed by atoms with Gasteiger partial charge in [-0.25, -0.2) is 4.99 Å². The number of benzene rings is 1. The Morgan fingerprint density at radius 3 is 2.81 bits per heavy atom. The molecule has 1 rings (SSSR count). The van der Waals surface area contributed by atoms with Crippen LogP contribution in [0.25, 0.3) is 0 Å². The highest BCUT2D eigenvalue weighted by Gasteiger charge is 2.09. The predicted molar refractivity (Wildman–Crippen MR) is 82.9 cm³/mol. The van der Waals surface area contributed by atoms with E-state index in [0.29, 0.717) is 22.3 Å². The summed E-state index contributed by atoms with van der Waals surface area (Å²) in [5.74, 6) is 0.300. The Kier molecular flexibility index (Phi) is 7.08. The van der Waals surface area contributed by atoms with E-state index in [1.54, 1.807) is 24.5 Å². The van der Waals surface area contributed by atoms with E-state index in [2.05, 4.69) is 15.6 Å². The standard InChI is InChI=1S/C13H16N4O3S/c1-19-7-12(18)16-10-5-4-9(20-2)6-11(10)17-13(21-3)15-8-14/h4-6H,7H2,1-3H3,(H,15,17)(H,16,18). The van der Waals surface area contributed by atoms with Gasteiger partial charge in [0.15, 0.2) is 11.4 Å². The summed E-state index contributed by atoms with van der Waals surface area (Å²) in [5.41, 5.74) is 0.982. The number of rotatable bonds is 5. The first-order chi connectivity index (χ1) is 10.1. The fraction of sp³-hybridized carbons (Fsp3) is 0.308. The Hall–Kier alpha value is -2.24. The summed E-state index contributed by atoms with van der Waals surface area (Å²) in [6, 6.07) is 5.05. The highest BCUT2D eigenvalue weighted by molar-refractivity contribution is 8.13. The molecular formula is C13H16N4O3S. The van der Waals surface area contributed by atoms with Gasteiger partial charge >= 0.3 is 0 Å². The zero-order valence-corrected chi connectivity index (χ0v) is 12.8. The number of hydrogen-bond acceptors (Lipinski definition) is 6. The molecule has 8 heteroatoms. The SMILES string of the molecule is COCC(=O)Nc1ccc(OC)cc1N=C(NC#N)SC. The van der Waals surface area contributed by atoms with E-state index in [1.807, 2.05) is 6.19 Å². The van der Waals surface area contributed by atoms with E-state index in [-0.39, 0.29) is 12.5 Å². The van der Waals surface area contributed by atoms with Crippen LogP contribution < -0.4 is 15.4 Å². The van der Waals surface area contributed by atoms with E-state index < -0.39 is 0 Å². The number of nitriles is 1. The lowest BCUT2D eigenvalue weighted by Gasteiger charge is -2.10. The van der Waals surface area contributed by atoms with Gasteiger partial charge < -0.3 is 14.8 Å². The Balaban J connectivity index is 3.13. The van der Waals surface area contributed by atoms with Gasteiger partial charge in [-0.2, -0.15) is 5.26 Å². The summed E-state index contributed by atoms with van der Waals surface area (Å²) in [4.78, 5) is 15.9. The monoisotopic (exact) mass is 308 g/mol. The number of hydrogen-bond donors (Lipinski definition) is 2. The molecular weight excluding hydrogens is 292 g/mol. The van der Waals surface area contributed by atoms with Crippen LogP contribution in [0.1, 0.15) is 0 Å². The lowest BCUT2D eigenvalue weighted by molar-refractivity contribution is -0.119. The van der Waals surface area contributed by atoms with Crippen molar-refractivity contribution in [3.63, 3.8) is 0 Å². The minimum atomic E-state index is -0.293. The number of carbonyl (C=O) groups excluding carboxylic acids is 1. The van der Waals surface area contributed by atoms with Gasteiger partial charge in [0.1, 0.15) is 12.4 Å². The Morgan fingerprint density at radius 2 is 2.24 bits per heavy atom. The van der Waals surface area contributed by atoms with Crippen LogP contribution in [0, 0.1) is 11.5 Å². The van der Waals surface area contributed by atoms with Crippen molar-refractivity contribution in [2.45, 2.75) is 0 Å². The average Bonchev–Trinajstić information content (AvgIpc) is 2.48. The number of ether oxygens (including phenoxy) is 2. The van der Waals surface area contributed by atoms with E-state index >= 15 is 0 Å². The number of amidine groups is 1. The zero-order chi connectivity index (χ0) is 15.7. The van der Waals surface area contributed by atoms with Crippen molar-refractivity contribution in [1.29, 1.82) is 5.26 Å². The second kappa shape index (κ2) is 8.84. The van der Waals surface area contributed by atoms with Crippen molar-refractivity contribution < 1.29 is 14.3 Å². The van der Waals surface area contributed by atoms with Gasteiger partial charge in [-0.3, -0.25) is 10.1 Å². The van der Waals surface area contributed by atoms with Crippen molar-refractivity contribution >= 4 is 34.2 Å². The summed E-state index contributed by atoms with van der Waals surface area (Å²) in [6.07, 6.45) is 3.59. The normalized spacial score (nSPS) is 10.7. The van der Waals surface area contributed by atoms with Crippen LogP contribution in [0.15, 0.2) is 23.2 Å². The maximum absolute atomic E-state index is 11.6. The molecule has 0 aliphatic carbocycles. The molecule has 0 aromatic heterocycles. The molecule has 2 N–H and O–H groups in total. The topological polar surface area (TPSA) is 95.7 Å². The molecule has 1 aromatic rings. The van der Waals surface area contributed by atoms with Crippen LogP contribution in [0.2, 0.25) is 0 Å². The predicted octanol–water partition coefficient (Wildman–Crippen LogP) is 1.70. The van der Waals surface area contributed by atoms with Crippen molar-refractivity contribution in [3.05, 3.63) is 18.2 Å². The first-order valence-corrected chi connectivity index (χ1v) is 7.11. The third-order valence-corrected chi connectivity index (χ3v) is 2.91. The summed E-state index contributed by atoms with van der Waals surface area (Å²) in [6.45, 7) is -0.0545. The first kappa shape index (κ1) is 16.8. The van der Waals surface area contributed by atoms with E-state index in [1.165, 1.54) is 26.0 Å². The van der Waals surface area contributed by atoms with Crippen molar-refractivity contribution in [2.24, 2.45) is 4.99 Å². The minimum Gasteiger partial charge on any atom is -0.497 e. The smallest absolute Gasteiger partial charge is 0.250 e. The zero-order valence-electron chi connectivity index (χ0n) is 12.0. The number of anilines is 1. The first-order valence-electron chi connectivity index (χ1n) is 5.89. The molecule has 112 valence electrons. The number of methoxy groups -OCH3 is 2. The molecule has 0 heterocycles. The van der Waals surface area contributed by atoms with Gasteiger partial charge in [-0.15, -0.1) is 0 Å². The van der Waals surface area contributed by atoms with Crippen molar-refractivity contribution in [1.82, 2.24) is 5.32 Å². The lowest BCUT2D eigenvalue weighted by atomic mass is 10.2. The molecule has 7 nitrogen and oxygen atoms in total. The molecule has 0 bridgehead atoms. The van der Waals surface area contributed by atoms with Crippen molar-refractivity contribution in [3.8, 4) is 11.9 Å². The highest BCUT2D eigenvalue weighted by Crippen LogP contribution is 2.30. The molecule has 1 aromatic carbocycles. The number of nitrogens with zero attached hydrogens (tertiary/aromatic N) is 2. The van der Waals surface area contributed by atoms with Crippen LogP contribution in [-0.2, 0) is 9.53 Å². The number of thioether (sulfide) groups is 1. The summed E-state index contributed by atoms with van der Waals surface area (Å²) in [5, 5.41) is 14.2. The van der Waals surface area contributed by atoms with Gasteiger partial charge in [-0.1, -0.05) is 11.8 Å². The third kappa shape index (κ3) is 5.33. The summed E-state index contributed by atoms with van der Waals surface area (Å²) < 4.78 is 9.91. The quantitative estimate of drug-likeness (QED) is 0.372. The fourth-order valence-electron chi connectivity index (χ4n) is 1.44. The molecule has 0 saturated carbocycles. The van der Waals surface area contributed by atoms with Crippen LogP contribution in [0.3, 0.4) is 0 Å². The van der Waals surface area contributed by atoms with Gasteiger partial charge in [-0.05, 0) is 18.4 Å². The maximum Gasteiger partial charge on any atom is 0.250 e. The molecule has 21 heavy (non-hydrogen) atoms. The third-order valence-electron chi connectivity index (χ3n) is 2.33. The molecule has 0 atom stereocenters. The molecule has 0 saturated heterocycles. The Labute approximate surface area is 127 Å². The van der Waals surface area contributed by atoms with Gasteiger partial charge in [0.2, 0.25) is 5.91 Å². The molecule has 0 radical (unpaired) electrons.